The van der Waals surface area contributed by atoms with Crippen LogP contribution in [-0.2, 0) is 31.8 Å². The van der Waals surface area contributed by atoms with Crippen LogP contribution in [0.4, 0.5) is 24.6 Å². The molecule has 13 heteroatoms. The molecule has 49 heavy (non-hydrogen) atoms. The molecule has 0 bridgehead atoms. The number of carbonyl (C=O) groups is 4. The van der Waals surface area contributed by atoms with Crippen LogP contribution in [0.1, 0.15) is 79.1 Å². The maximum atomic E-state index is 13.8. The maximum Gasteiger partial charge on any atom is 0.413 e. The highest BCUT2D eigenvalue weighted by Gasteiger charge is 2.39. The van der Waals surface area contributed by atoms with Crippen LogP contribution < -0.4 is 10.6 Å². The molecule has 0 saturated carbocycles. The minimum absolute atomic E-state index is 0.116. The average Bonchev–Trinajstić information content (AvgIpc) is 3.29. The van der Waals surface area contributed by atoms with E-state index in [1.807, 2.05) is 13.0 Å². The van der Waals surface area contributed by atoms with E-state index in [2.05, 4.69) is 15.6 Å². The number of nitrogens with zero attached hydrogens (tertiary/aromatic N) is 3. The summed E-state index contributed by atoms with van der Waals surface area (Å²) >= 11 is 0. The zero-order valence-corrected chi connectivity index (χ0v) is 30.4. The molecule has 1 saturated heterocycles. The minimum atomic E-state index is -0.798. The summed E-state index contributed by atoms with van der Waals surface area (Å²) in [6.07, 6.45) is -1.15. The highest BCUT2D eigenvalue weighted by molar-refractivity contribution is 5.84. The summed E-state index contributed by atoms with van der Waals surface area (Å²) in [5.74, 6) is -0.798. The number of carbonyl (C=O) groups excluding carboxylic acids is 4. The Bertz CT molecular complexity index is 1500. The van der Waals surface area contributed by atoms with Gasteiger partial charge in [0.15, 0.2) is 0 Å². The molecule has 1 aromatic heterocycles. The Hall–Kier alpha value is -4.42. The summed E-state index contributed by atoms with van der Waals surface area (Å²) in [6, 6.07) is 9.16. The average molecular weight is 686 g/mol. The second-order valence-corrected chi connectivity index (χ2v) is 15.5. The van der Waals surface area contributed by atoms with E-state index in [4.69, 9.17) is 14.2 Å². The number of halogens is 1. The van der Waals surface area contributed by atoms with E-state index < -0.39 is 52.8 Å². The Morgan fingerprint density at radius 1 is 0.918 bits per heavy atom. The Morgan fingerprint density at radius 2 is 1.57 bits per heavy atom. The van der Waals surface area contributed by atoms with E-state index in [0.717, 1.165) is 5.56 Å². The number of pyridine rings is 1. The van der Waals surface area contributed by atoms with Gasteiger partial charge in [-0.05, 0) is 117 Å². The van der Waals surface area contributed by atoms with Crippen LogP contribution >= 0.6 is 0 Å². The lowest BCUT2D eigenvalue weighted by atomic mass is 9.96. The number of benzene rings is 1. The molecule has 0 radical (unpaired) electrons. The number of hydrogen-bond donors (Lipinski definition) is 2. The van der Waals surface area contributed by atoms with Crippen molar-refractivity contribution >= 4 is 30.0 Å². The Kier molecular flexibility index (Phi) is 12.6. The first-order valence-electron chi connectivity index (χ1n) is 16.5. The third kappa shape index (κ3) is 13.9. The first kappa shape index (κ1) is 39.0. The molecular weight excluding hydrogens is 633 g/mol. The van der Waals surface area contributed by atoms with Crippen molar-refractivity contribution in [3.8, 4) is 0 Å². The molecule has 1 aliphatic heterocycles. The molecule has 2 atom stereocenters. The predicted molar refractivity (Wildman–Crippen MR) is 184 cm³/mol. The molecule has 4 amide bonds. The zero-order chi connectivity index (χ0) is 36.7. The highest BCUT2D eigenvalue weighted by atomic mass is 19.1. The Morgan fingerprint density at radius 3 is 2.18 bits per heavy atom. The lowest BCUT2D eigenvalue weighted by Crippen LogP contribution is -2.48. The fourth-order valence-electron chi connectivity index (χ4n) is 5.25. The van der Waals surface area contributed by atoms with Gasteiger partial charge in [0.25, 0.3) is 0 Å². The highest BCUT2D eigenvalue weighted by Crippen LogP contribution is 2.25. The van der Waals surface area contributed by atoms with Crippen molar-refractivity contribution in [2.24, 2.45) is 5.92 Å². The van der Waals surface area contributed by atoms with Crippen LogP contribution in [0.5, 0.6) is 0 Å². The van der Waals surface area contributed by atoms with Gasteiger partial charge in [0, 0.05) is 31.2 Å². The number of aryl methyl sites for hydroxylation is 1. The lowest BCUT2D eigenvalue weighted by molar-refractivity contribution is -0.123. The van der Waals surface area contributed by atoms with Crippen LogP contribution in [0.2, 0.25) is 0 Å². The molecule has 0 spiro atoms. The summed E-state index contributed by atoms with van der Waals surface area (Å²) in [5, 5.41) is 5.70. The van der Waals surface area contributed by atoms with E-state index in [1.165, 1.54) is 17.0 Å². The number of anilines is 1. The van der Waals surface area contributed by atoms with Gasteiger partial charge in [-0.25, -0.2) is 23.8 Å². The summed E-state index contributed by atoms with van der Waals surface area (Å²) < 4.78 is 30.4. The number of aromatic nitrogens is 1. The Labute approximate surface area is 289 Å². The van der Waals surface area contributed by atoms with Crippen molar-refractivity contribution in [2.75, 3.05) is 31.5 Å². The van der Waals surface area contributed by atoms with Crippen molar-refractivity contribution in [1.29, 1.82) is 0 Å². The molecule has 270 valence electrons. The quantitative estimate of drug-likeness (QED) is 0.296. The number of amides is 4. The number of likely N-dealkylation sites (tertiary alicyclic amines) is 1. The van der Waals surface area contributed by atoms with E-state index in [0.29, 0.717) is 29.9 Å². The van der Waals surface area contributed by atoms with Gasteiger partial charge in [-0.15, -0.1) is 0 Å². The topological polar surface area (TPSA) is 139 Å². The SMILES string of the molecule is Cc1cc(CC2CN(C(=O)OC(C)(C)C)CC2NC(=O)CN(CCc2cccc(F)c2)C(=O)OC(C)(C)C)nc(NC(=O)OC(C)(C)C)c1. The second kappa shape index (κ2) is 15.9. The maximum absolute atomic E-state index is 13.8. The number of hydrogen-bond acceptors (Lipinski definition) is 8. The summed E-state index contributed by atoms with van der Waals surface area (Å²) in [5.41, 5.74) is -0.0344. The molecule has 3 rings (SSSR count). The Balaban J connectivity index is 1.81. The first-order chi connectivity index (χ1) is 22.5. The van der Waals surface area contributed by atoms with Crippen LogP contribution in [0, 0.1) is 18.7 Å². The molecule has 0 aliphatic carbocycles. The largest absolute Gasteiger partial charge is 0.444 e. The van der Waals surface area contributed by atoms with Crippen molar-refractivity contribution in [3.63, 3.8) is 0 Å². The lowest BCUT2D eigenvalue weighted by Gasteiger charge is -2.28. The summed E-state index contributed by atoms with van der Waals surface area (Å²) in [7, 11) is 0. The van der Waals surface area contributed by atoms with Crippen LogP contribution in [0.15, 0.2) is 36.4 Å². The van der Waals surface area contributed by atoms with Gasteiger partial charge in [0.05, 0.1) is 6.04 Å². The molecule has 1 aromatic carbocycles. The molecule has 1 fully saturated rings. The summed E-state index contributed by atoms with van der Waals surface area (Å²) in [4.78, 5) is 59.7. The first-order valence-corrected chi connectivity index (χ1v) is 16.5. The minimum Gasteiger partial charge on any atom is -0.444 e. The molecule has 2 unspecified atom stereocenters. The van der Waals surface area contributed by atoms with Crippen molar-refractivity contribution in [3.05, 3.63) is 59.0 Å². The number of ether oxygens (including phenoxy) is 3. The predicted octanol–water partition coefficient (Wildman–Crippen LogP) is 6.25. The van der Waals surface area contributed by atoms with Gasteiger partial charge in [-0.2, -0.15) is 0 Å². The van der Waals surface area contributed by atoms with Crippen molar-refractivity contribution in [1.82, 2.24) is 20.1 Å². The molecule has 1 aliphatic rings. The van der Waals surface area contributed by atoms with Gasteiger partial charge in [0.2, 0.25) is 5.91 Å². The van der Waals surface area contributed by atoms with Gasteiger partial charge in [-0.1, -0.05) is 12.1 Å². The fourth-order valence-corrected chi connectivity index (χ4v) is 5.25. The van der Waals surface area contributed by atoms with Crippen molar-refractivity contribution < 1.29 is 37.8 Å². The van der Waals surface area contributed by atoms with E-state index in [1.54, 1.807) is 85.4 Å². The van der Waals surface area contributed by atoms with E-state index in [-0.39, 0.29) is 32.1 Å². The van der Waals surface area contributed by atoms with Gasteiger partial charge < -0.3 is 24.4 Å². The number of rotatable bonds is 9. The smallest absolute Gasteiger partial charge is 0.413 e. The van der Waals surface area contributed by atoms with Gasteiger partial charge in [0.1, 0.15) is 35.0 Å². The van der Waals surface area contributed by atoms with Gasteiger partial charge in [-0.3, -0.25) is 15.0 Å². The van der Waals surface area contributed by atoms with Crippen LogP contribution in [-0.4, -0.2) is 88.0 Å². The molecule has 2 heterocycles. The summed E-state index contributed by atoms with van der Waals surface area (Å²) in [6.45, 7) is 18.0. The molecule has 12 nitrogen and oxygen atoms in total. The van der Waals surface area contributed by atoms with Gasteiger partial charge >= 0.3 is 18.3 Å². The molecule has 2 N–H and O–H groups in total. The second-order valence-electron chi connectivity index (χ2n) is 15.5. The third-order valence-electron chi connectivity index (χ3n) is 7.11. The van der Waals surface area contributed by atoms with Crippen molar-refractivity contribution in [2.45, 2.75) is 105 Å². The van der Waals surface area contributed by atoms with E-state index >= 15 is 0 Å². The normalized spacial score (nSPS) is 16.5. The zero-order valence-electron chi connectivity index (χ0n) is 30.4. The molecule has 2 aromatic rings. The monoisotopic (exact) mass is 685 g/mol. The fraction of sp³-hybridized carbons (Fsp3) is 0.583. The van der Waals surface area contributed by atoms with E-state index in [9.17, 15) is 23.6 Å². The van der Waals surface area contributed by atoms with Crippen LogP contribution in [0.25, 0.3) is 0 Å². The standard InChI is InChI=1S/C36H52FN5O7/c1-23-16-27(38-29(17-23)40-31(44)47-34(2,3)4)19-25-20-42(33(46)49-36(8,9)10)21-28(25)39-30(43)22-41(32(45)48-35(5,6)7)15-14-24-12-11-13-26(37)18-24/h11-13,16-18,25,28H,14-15,19-22H2,1-10H3,(H,39,43)(H,38,40,44). The van der Waals surface area contributed by atoms with Crippen LogP contribution in [0.3, 0.4) is 0 Å². The number of nitrogens with one attached hydrogen (secondary N) is 2. The molecular formula is C36H52FN5O7. The third-order valence-corrected chi connectivity index (χ3v) is 7.11.